The van der Waals surface area contributed by atoms with Gasteiger partial charge in [-0.2, -0.15) is 28.5 Å². The predicted octanol–water partition coefficient (Wildman–Crippen LogP) is 3.64. The summed E-state index contributed by atoms with van der Waals surface area (Å²) in [6.07, 6.45) is 3.78. The van der Waals surface area contributed by atoms with Gasteiger partial charge in [0.2, 0.25) is 5.91 Å². The molecule has 0 bridgehead atoms. The van der Waals surface area contributed by atoms with E-state index in [1.807, 2.05) is 13.1 Å². The normalized spacial score (nSPS) is 14.3. The fraction of sp³-hybridized carbons (Fsp3) is 0.444. The van der Waals surface area contributed by atoms with Crippen molar-refractivity contribution < 1.29 is 18.0 Å². The largest absolute Gasteiger partial charge is 0.436 e. The Kier molecular flexibility index (Phi) is 5.43. The van der Waals surface area contributed by atoms with Gasteiger partial charge in [-0.15, -0.1) is 0 Å². The zero-order chi connectivity index (χ0) is 21.5. The van der Waals surface area contributed by atoms with Gasteiger partial charge < -0.3 is 5.32 Å². The Morgan fingerprint density at radius 1 is 1.23 bits per heavy atom. The van der Waals surface area contributed by atoms with Crippen LogP contribution in [-0.2, 0) is 30.6 Å². The minimum Gasteiger partial charge on any atom is -0.322 e. The van der Waals surface area contributed by atoms with Crippen molar-refractivity contribution >= 4 is 27.5 Å². The molecule has 30 heavy (non-hydrogen) atoms. The number of nitrogens with zero attached hydrogens (tertiary/aromatic N) is 6. The number of carbonyl (C=O) groups is 1. The molecule has 8 nitrogen and oxygen atoms in total. The number of halogens is 4. The number of nitrogens with one attached hydrogen (secondary N) is 1. The Bertz CT molecular complexity index is 1060. The van der Waals surface area contributed by atoms with E-state index in [4.69, 9.17) is 0 Å². The molecule has 0 radical (unpaired) electrons. The van der Waals surface area contributed by atoms with Crippen LogP contribution >= 0.6 is 15.9 Å². The van der Waals surface area contributed by atoms with E-state index in [0.717, 1.165) is 29.6 Å². The summed E-state index contributed by atoms with van der Waals surface area (Å²) in [5.41, 5.74) is 0.838. The summed E-state index contributed by atoms with van der Waals surface area (Å²) >= 11 is 3.02. The molecular formula is C18H19BrF3N7O. The lowest BCUT2D eigenvalue weighted by Gasteiger charge is -2.07. The summed E-state index contributed by atoms with van der Waals surface area (Å²) < 4.78 is 44.1. The van der Waals surface area contributed by atoms with E-state index in [2.05, 4.69) is 36.5 Å². The number of amides is 1. The van der Waals surface area contributed by atoms with E-state index in [1.165, 1.54) is 6.20 Å². The van der Waals surface area contributed by atoms with Gasteiger partial charge in [0.05, 0.1) is 34.8 Å². The molecule has 1 aliphatic carbocycles. The Labute approximate surface area is 178 Å². The SMILES string of the molecule is CCn1cc(Cn2cc(NC(=O)Cn3nc(C(F)(F)F)c(Br)c3C3CC3)cn2)cn1. The van der Waals surface area contributed by atoms with Gasteiger partial charge in [-0.1, -0.05) is 0 Å². The maximum atomic E-state index is 13.2. The minimum atomic E-state index is -4.59. The van der Waals surface area contributed by atoms with E-state index in [-0.39, 0.29) is 16.9 Å². The second kappa shape index (κ2) is 7.89. The molecule has 1 saturated carbocycles. The van der Waals surface area contributed by atoms with Crippen molar-refractivity contribution in [3.05, 3.63) is 46.2 Å². The smallest absolute Gasteiger partial charge is 0.322 e. The van der Waals surface area contributed by atoms with Crippen LogP contribution in [0.5, 0.6) is 0 Å². The van der Waals surface area contributed by atoms with E-state index in [1.54, 1.807) is 21.8 Å². The third kappa shape index (κ3) is 4.42. The first kappa shape index (κ1) is 20.6. The highest BCUT2D eigenvalue weighted by molar-refractivity contribution is 9.10. The topological polar surface area (TPSA) is 82.6 Å². The Morgan fingerprint density at radius 2 is 1.97 bits per heavy atom. The van der Waals surface area contributed by atoms with Gasteiger partial charge in [-0.05, 0) is 35.7 Å². The van der Waals surface area contributed by atoms with E-state index < -0.39 is 17.8 Å². The van der Waals surface area contributed by atoms with Gasteiger partial charge >= 0.3 is 6.18 Å². The third-order valence-corrected chi connectivity index (χ3v) is 5.51. The molecule has 0 spiro atoms. The molecule has 160 valence electrons. The van der Waals surface area contributed by atoms with Crippen LogP contribution in [0.25, 0.3) is 0 Å². The average Bonchev–Trinajstić information content (AvgIpc) is 3.08. The first-order valence-corrected chi connectivity index (χ1v) is 10.2. The summed E-state index contributed by atoms with van der Waals surface area (Å²) in [5, 5.41) is 14.7. The number of anilines is 1. The lowest BCUT2D eigenvalue weighted by Crippen LogP contribution is -2.21. The number of alkyl halides is 3. The summed E-state index contributed by atoms with van der Waals surface area (Å²) in [6.45, 7) is 2.93. The predicted molar refractivity (Wildman–Crippen MR) is 105 cm³/mol. The molecule has 0 atom stereocenters. The van der Waals surface area contributed by atoms with E-state index in [9.17, 15) is 18.0 Å². The van der Waals surface area contributed by atoms with Crippen LogP contribution < -0.4 is 5.32 Å². The summed E-state index contributed by atoms with van der Waals surface area (Å²) in [4.78, 5) is 12.4. The van der Waals surface area contributed by atoms with Crippen LogP contribution in [0.2, 0.25) is 0 Å². The molecule has 12 heteroatoms. The zero-order valence-corrected chi connectivity index (χ0v) is 17.6. The van der Waals surface area contributed by atoms with Gasteiger partial charge in [0.15, 0.2) is 5.69 Å². The van der Waals surface area contributed by atoms with Crippen molar-refractivity contribution in [3.63, 3.8) is 0 Å². The minimum absolute atomic E-state index is 0.0115. The highest BCUT2D eigenvalue weighted by atomic mass is 79.9. The van der Waals surface area contributed by atoms with Crippen LogP contribution in [0.15, 0.2) is 29.3 Å². The van der Waals surface area contributed by atoms with Crippen molar-refractivity contribution in [1.29, 1.82) is 0 Å². The third-order valence-electron chi connectivity index (χ3n) is 4.73. The number of carbonyl (C=O) groups excluding carboxylic acids is 1. The highest BCUT2D eigenvalue weighted by Gasteiger charge is 2.41. The lowest BCUT2D eigenvalue weighted by molar-refractivity contribution is -0.142. The number of aryl methyl sites for hydroxylation is 1. The monoisotopic (exact) mass is 485 g/mol. The van der Waals surface area contributed by atoms with Crippen molar-refractivity contribution in [2.75, 3.05) is 5.32 Å². The van der Waals surface area contributed by atoms with Crippen molar-refractivity contribution in [2.45, 2.75) is 51.5 Å². The molecule has 1 aliphatic rings. The molecule has 3 aromatic heterocycles. The number of aromatic nitrogens is 6. The Balaban J connectivity index is 1.43. The first-order chi connectivity index (χ1) is 14.2. The van der Waals surface area contributed by atoms with E-state index >= 15 is 0 Å². The fourth-order valence-corrected chi connectivity index (χ4v) is 4.03. The van der Waals surface area contributed by atoms with Crippen molar-refractivity contribution in [2.24, 2.45) is 0 Å². The van der Waals surface area contributed by atoms with Gasteiger partial charge in [0.1, 0.15) is 6.54 Å². The number of hydrogen-bond acceptors (Lipinski definition) is 4. The van der Waals surface area contributed by atoms with Gasteiger partial charge in [0.25, 0.3) is 0 Å². The van der Waals surface area contributed by atoms with Crippen LogP contribution in [0.4, 0.5) is 18.9 Å². The molecule has 1 fully saturated rings. The van der Waals surface area contributed by atoms with Crippen LogP contribution in [0, 0.1) is 0 Å². The van der Waals surface area contributed by atoms with Crippen LogP contribution in [0.1, 0.15) is 42.6 Å². The number of rotatable bonds is 7. The summed E-state index contributed by atoms with van der Waals surface area (Å²) in [6, 6.07) is 0. The molecular weight excluding hydrogens is 467 g/mol. The molecule has 0 aromatic carbocycles. The molecule has 0 aliphatic heterocycles. The van der Waals surface area contributed by atoms with Gasteiger partial charge in [-0.3, -0.25) is 18.8 Å². The maximum absolute atomic E-state index is 13.2. The molecule has 3 heterocycles. The van der Waals surface area contributed by atoms with Crippen LogP contribution in [-0.4, -0.2) is 35.2 Å². The van der Waals surface area contributed by atoms with Gasteiger partial charge in [-0.25, -0.2) is 0 Å². The Morgan fingerprint density at radius 3 is 2.60 bits per heavy atom. The second-order valence-corrected chi connectivity index (χ2v) is 7.95. The summed E-state index contributed by atoms with van der Waals surface area (Å²) in [5.74, 6) is -0.485. The Hall–Kier alpha value is -2.63. The first-order valence-electron chi connectivity index (χ1n) is 9.41. The molecule has 1 N–H and O–H groups in total. The molecule has 0 unspecified atom stereocenters. The van der Waals surface area contributed by atoms with E-state index in [0.29, 0.717) is 17.9 Å². The molecule has 0 saturated heterocycles. The van der Waals surface area contributed by atoms with Crippen molar-refractivity contribution in [1.82, 2.24) is 29.3 Å². The molecule has 1 amide bonds. The maximum Gasteiger partial charge on any atom is 0.436 e. The summed E-state index contributed by atoms with van der Waals surface area (Å²) in [7, 11) is 0. The number of hydrogen-bond donors (Lipinski definition) is 1. The quantitative estimate of drug-likeness (QED) is 0.553. The van der Waals surface area contributed by atoms with Crippen molar-refractivity contribution in [3.8, 4) is 0 Å². The molecule has 3 aromatic rings. The molecule has 4 rings (SSSR count). The second-order valence-electron chi connectivity index (χ2n) is 7.16. The fourth-order valence-electron chi connectivity index (χ4n) is 3.20. The standard InChI is InChI=1S/C18H19BrF3N7O/c1-2-27-7-11(5-23-27)8-28-9-13(6-24-28)25-14(30)10-29-16(12-3-4-12)15(19)17(26-29)18(20,21)22/h5-7,9,12H,2-4,8,10H2,1H3,(H,25,30). The zero-order valence-electron chi connectivity index (χ0n) is 16.0. The average molecular weight is 486 g/mol. The lowest BCUT2D eigenvalue weighted by atomic mass is 10.2. The highest BCUT2D eigenvalue weighted by Crippen LogP contribution is 2.46. The van der Waals surface area contributed by atoms with Gasteiger partial charge in [0, 0.05) is 30.4 Å². The van der Waals surface area contributed by atoms with Crippen LogP contribution in [0.3, 0.4) is 0 Å².